The molecule has 0 saturated heterocycles. The molecule has 6 nitrogen and oxygen atoms in total. The van der Waals surface area contributed by atoms with Crippen molar-refractivity contribution >= 4 is 17.5 Å². The number of nitrogens with one attached hydrogen (secondary N) is 1. The summed E-state index contributed by atoms with van der Waals surface area (Å²) in [5, 5.41) is 2.65. The van der Waals surface area contributed by atoms with Gasteiger partial charge in [-0.3, -0.25) is 9.59 Å². The Kier molecular flexibility index (Phi) is 8.66. The van der Waals surface area contributed by atoms with E-state index in [0.29, 0.717) is 34.4 Å². The highest BCUT2D eigenvalue weighted by Crippen LogP contribution is 2.41. The van der Waals surface area contributed by atoms with E-state index in [9.17, 15) is 27.6 Å². The van der Waals surface area contributed by atoms with Crippen LogP contribution in [0.1, 0.15) is 48.9 Å². The molecule has 0 aliphatic rings. The molecule has 0 bridgehead atoms. The minimum atomic E-state index is -4.93. The SMILES string of the molecule is COc1c(CCC(C)=O)c(C)c(CNC(C)=O)c(OC)c1CCC(=O)C(F)(F)F. The number of rotatable bonds is 10. The Morgan fingerprint density at radius 1 is 0.897 bits per heavy atom. The Hall–Kier alpha value is -2.58. The number of halogens is 3. The van der Waals surface area contributed by atoms with Crippen molar-refractivity contribution in [3.05, 3.63) is 22.3 Å². The van der Waals surface area contributed by atoms with Crippen LogP contribution in [0.4, 0.5) is 13.2 Å². The summed E-state index contributed by atoms with van der Waals surface area (Å²) in [7, 11) is 2.73. The van der Waals surface area contributed by atoms with Gasteiger partial charge in [0.25, 0.3) is 0 Å². The van der Waals surface area contributed by atoms with Crippen molar-refractivity contribution in [2.24, 2.45) is 0 Å². The maximum Gasteiger partial charge on any atom is 0.449 e. The number of carbonyl (C=O) groups excluding carboxylic acids is 3. The summed E-state index contributed by atoms with van der Waals surface area (Å²) < 4.78 is 48.9. The second-order valence-electron chi connectivity index (χ2n) is 6.66. The number of benzene rings is 1. The molecule has 0 spiro atoms. The maximum absolute atomic E-state index is 12.7. The third-order valence-electron chi connectivity index (χ3n) is 4.57. The fraction of sp³-hybridized carbons (Fsp3) is 0.550. The molecule has 1 aromatic rings. The summed E-state index contributed by atoms with van der Waals surface area (Å²) in [5.74, 6) is -1.64. The normalized spacial score (nSPS) is 11.2. The molecule has 162 valence electrons. The van der Waals surface area contributed by atoms with Gasteiger partial charge in [0.1, 0.15) is 17.3 Å². The van der Waals surface area contributed by atoms with Crippen LogP contribution in [0, 0.1) is 6.92 Å². The van der Waals surface area contributed by atoms with E-state index in [1.54, 1.807) is 6.92 Å². The standard InChI is InChI=1S/C20H26F3NO5/c1-11(25)6-7-14-12(2)16(10-24-13(3)26)19(29-5)15(18(14)28-4)8-9-17(27)20(21,22)23/h6-10H2,1-5H3,(H,24,26). The van der Waals surface area contributed by atoms with E-state index in [-0.39, 0.29) is 36.8 Å². The van der Waals surface area contributed by atoms with Crippen LogP contribution in [-0.4, -0.2) is 37.9 Å². The topological polar surface area (TPSA) is 81.7 Å². The van der Waals surface area contributed by atoms with Crippen molar-refractivity contribution in [2.45, 2.75) is 59.2 Å². The quantitative estimate of drug-likeness (QED) is 0.632. The monoisotopic (exact) mass is 417 g/mol. The molecule has 0 unspecified atom stereocenters. The van der Waals surface area contributed by atoms with Crippen LogP contribution in [-0.2, 0) is 33.8 Å². The van der Waals surface area contributed by atoms with Gasteiger partial charge in [0, 0.05) is 37.4 Å². The molecule has 0 saturated carbocycles. The van der Waals surface area contributed by atoms with Crippen molar-refractivity contribution in [2.75, 3.05) is 14.2 Å². The first-order valence-electron chi connectivity index (χ1n) is 9.03. The third-order valence-corrected chi connectivity index (χ3v) is 4.57. The summed E-state index contributed by atoms with van der Waals surface area (Å²) in [4.78, 5) is 34.2. The summed E-state index contributed by atoms with van der Waals surface area (Å²) in [6.07, 6.45) is -5.44. The fourth-order valence-electron chi connectivity index (χ4n) is 3.12. The minimum absolute atomic E-state index is 0.0560. The number of ketones is 2. The van der Waals surface area contributed by atoms with Crippen molar-refractivity contribution in [3.63, 3.8) is 0 Å². The highest BCUT2D eigenvalue weighted by atomic mass is 19.4. The highest BCUT2D eigenvalue weighted by Gasteiger charge is 2.38. The van der Waals surface area contributed by atoms with E-state index in [0.717, 1.165) is 0 Å². The molecule has 0 radical (unpaired) electrons. The van der Waals surface area contributed by atoms with Gasteiger partial charge in [-0.1, -0.05) is 0 Å². The molecule has 0 atom stereocenters. The van der Waals surface area contributed by atoms with Crippen molar-refractivity contribution in [1.29, 1.82) is 0 Å². The molecule has 0 heterocycles. The minimum Gasteiger partial charge on any atom is -0.496 e. The molecule has 1 aromatic carbocycles. The van der Waals surface area contributed by atoms with Crippen LogP contribution in [0.2, 0.25) is 0 Å². The lowest BCUT2D eigenvalue weighted by molar-refractivity contribution is -0.171. The zero-order valence-corrected chi connectivity index (χ0v) is 17.2. The average Bonchev–Trinajstić information content (AvgIpc) is 2.62. The van der Waals surface area contributed by atoms with Crippen molar-refractivity contribution in [1.82, 2.24) is 5.32 Å². The second-order valence-corrected chi connectivity index (χ2v) is 6.66. The molecule has 1 rings (SSSR count). The lowest BCUT2D eigenvalue weighted by Crippen LogP contribution is -2.24. The van der Waals surface area contributed by atoms with E-state index >= 15 is 0 Å². The molecular formula is C20H26F3NO5. The zero-order valence-electron chi connectivity index (χ0n) is 17.2. The summed E-state index contributed by atoms with van der Waals surface area (Å²) in [6.45, 7) is 4.63. The number of methoxy groups -OCH3 is 2. The maximum atomic E-state index is 12.7. The number of amides is 1. The van der Waals surface area contributed by atoms with Gasteiger partial charge >= 0.3 is 6.18 Å². The van der Waals surface area contributed by atoms with Gasteiger partial charge < -0.3 is 19.6 Å². The zero-order chi connectivity index (χ0) is 22.4. The van der Waals surface area contributed by atoms with Crippen LogP contribution in [0.3, 0.4) is 0 Å². The lowest BCUT2D eigenvalue weighted by Gasteiger charge is -2.24. The average molecular weight is 417 g/mol. The van der Waals surface area contributed by atoms with Gasteiger partial charge in [-0.05, 0) is 37.8 Å². The lowest BCUT2D eigenvalue weighted by atomic mass is 9.90. The Balaban J connectivity index is 3.55. The van der Waals surface area contributed by atoms with Crippen molar-refractivity contribution < 1.29 is 37.0 Å². The summed E-state index contributed by atoms with van der Waals surface area (Å²) in [5.41, 5.74) is 2.21. The molecular weight excluding hydrogens is 391 g/mol. The fourth-order valence-corrected chi connectivity index (χ4v) is 3.12. The van der Waals surface area contributed by atoms with Gasteiger partial charge in [0.15, 0.2) is 0 Å². The van der Waals surface area contributed by atoms with E-state index in [1.807, 2.05) is 0 Å². The Labute approximate surface area is 167 Å². The van der Waals surface area contributed by atoms with E-state index in [2.05, 4.69) is 5.32 Å². The van der Waals surface area contributed by atoms with Crippen LogP contribution in [0.15, 0.2) is 0 Å². The molecule has 0 fully saturated rings. The molecule has 0 aliphatic heterocycles. The number of carbonyl (C=O) groups is 3. The largest absolute Gasteiger partial charge is 0.496 e. The number of hydrogen-bond acceptors (Lipinski definition) is 5. The molecule has 9 heteroatoms. The van der Waals surface area contributed by atoms with Gasteiger partial charge in [-0.2, -0.15) is 13.2 Å². The van der Waals surface area contributed by atoms with E-state index in [1.165, 1.54) is 28.1 Å². The van der Waals surface area contributed by atoms with Gasteiger partial charge in [-0.15, -0.1) is 0 Å². The van der Waals surface area contributed by atoms with Gasteiger partial charge in [0.2, 0.25) is 11.7 Å². The third kappa shape index (κ3) is 6.47. The first-order chi connectivity index (χ1) is 13.4. The van der Waals surface area contributed by atoms with Crippen molar-refractivity contribution in [3.8, 4) is 11.5 Å². The number of Topliss-reactive ketones (excluding diaryl/α,β-unsaturated/α-hetero) is 2. The Morgan fingerprint density at radius 2 is 1.41 bits per heavy atom. The predicted octanol–water partition coefficient (Wildman–Crippen LogP) is 3.23. The first kappa shape index (κ1) is 24.5. The number of alkyl halides is 3. The molecule has 1 amide bonds. The summed E-state index contributed by atoms with van der Waals surface area (Å²) in [6, 6.07) is 0. The number of ether oxygens (including phenoxy) is 2. The van der Waals surface area contributed by atoms with E-state index in [4.69, 9.17) is 9.47 Å². The van der Waals surface area contributed by atoms with Gasteiger partial charge in [0.05, 0.1) is 14.2 Å². The predicted molar refractivity (Wildman–Crippen MR) is 100 cm³/mol. The highest BCUT2D eigenvalue weighted by molar-refractivity contribution is 5.84. The number of hydrogen-bond donors (Lipinski definition) is 1. The molecule has 0 aromatic heterocycles. The second kappa shape index (κ2) is 10.3. The van der Waals surface area contributed by atoms with Crippen LogP contribution in [0.5, 0.6) is 11.5 Å². The molecule has 29 heavy (non-hydrogen) atoms. The van der Waals surface area contributed by atoms with E-state index < -0.39 is 18.4 Å². The van der Waals surface area contributed by atoms with Crippen LogP contribution in [0.25, 0.3) is 0 Å². The first-order valence-corrected chi connectivity index (χ1v) is 9.03. The summed E-state index contributed by atoms with van der Waals surface area (Å²) >= 11 is 0. The Bertz CT molecular complexity index is 740. The van der Waals surface area contributed by atoms with Crippen LogP contribution < -0.4 is 14.8 Å². The van der Waals surface area contributed by atoms with Gasteiger partial charge in [-0.25, -0.2) is 0 Å². The molecule has 1 N–H and O–H groups in total. The molecule has 0 aliphatic carbocycles. The Morgan fingerprint density at radius 3 is 1.86 bits per heavy atom. The smallest absolute Gasteiger partial charge is 0.449 e. The van der Waals surface area contributed by atoms with Crippen LogP contribution >= 0.6 is 0 Å².